The molecule has 4 rings (SSSR count). The van der Waals surface area contributed by atoms with Gasteiger partial charge in [-0.25, -0.2) is 15.0 Å². The molecule has 10 nitrogen and oxygen atoms in total. The lowest BCUT2D eigenvalue weighted by Gasteiger charge is -2.16. The van der Waals surface area contributed by atoms with Gasteiger partial charge >= 0.3 is 0 Å². The SMILES string of the molecule is Nc1nc(C#CCCC2(O)CC2)nc2c1ncn2[C@@H]1O[C@H](CO)C(O)C1O. The fraction of sp³-hybridized carbons (Fsp3) is 0.588. The summed E-state index contributed by atoms with van der Waals surface area (Å²) < 4.78 is 6.96. The number of nitrogens with zero attached hydrogens (tertiary/aromatic N) is 4. The average molecular weight is 375 g/mol. The Morgan fingerprint density at radius 1 is 1.30 bits per heavy atom. The Bertz CT molecular complexity index is 916. The zero-order chi connectivity index (χ0) is 19.2. The molecule has 2 unspecified atom stereocenters. The smallest absolute Gasteiger partial charge is 0.208 e. The van der Waals surface area contributed by atoms with Crippen LogP contribution < -0.4 is 5.73 Å². The van der Waals surface area contributed by atoms with Crippen LogP contribution in [0.3, 0.4) is 0 Å². The van der Waals surface area contributed by atoms with Crippen molar-refractivity contribution in [2.45, 2.75) is 55.8 Å². The maximum atomic E-state index is 10.2. The van der Waals surface area contributed by atoms with Gasteiger partial charge in [-0.2, -0.15) is 0 Å². The number of anilines is 1. The molecule has 1 aliphatic heterocycles. The molecule has 2 fully saturated rings. The van der Waals surface area contributed by atoms with Crippen LogP contribution in [0.4, 0.5) is 5.82 Å². The van der Waals surface area contributed by atoms with Crippen LogP contribution in [0.5, 0.6) is 0 Å². The second kappa shape index (κ2) is 6.70. The number of nitrogen functional groups attached to an aromatic ring is 1. The summed E-state index contributed by atoms with van der Waals surface area (Å²) in [6, 6.07) is 0. The van der Waals surface area contributed by atoms with Crippen LogP contribution in [0.1, 0.15) is 37.7 Å². The van der Waals surface area contributed by atoms with Gasteiger partial charge < -0.3 is 30.9 Å². The first-order valence-corrected chi connectivity index (χ1v) is 8.76. The summed E-state index contributed by atoms with van der Waals surface area (Å²) in [4.78, 5) is 12.6. The minimum absolute atomic E-state index is 0.135. The van der Waals surface area contributed by atoms with Gasteiger partial charge in [0.2, 0.25) is 5.82 Å². The van der Waals surface area contributed by atoms with Crippen molar-refractivity contribution < 1.29 is 25.2 Å². The fourth-order valence-corrected chi connectivity index (χ4v) is 3.12. The Morgan fingerprint density at radius 2 is 2.07 bits per heavy atom. The van der Waals surface area contributed by atoms with E-state index in [1.165, 1.54) is 10.9 Å². The van der Waals surface area contributed by atoms with Gasteiger partial charge in [0.25, 0.3) is 0 Å². The van der Waals surface area contributed by atoms with Crippen molar-refractivity contribution in [1.82, 2.24) is 19.5 Å². The lowest BCUT2D eigenvalue weighted by atomic mass is 10.1. The van der Waals surface area contributed by atoms with Gasteiger partial charge in [0.05, 0.1) is 18.5 Å². The second-order valence-electron chi connectivity index (χ2n) is 7.01. The highest BCUT2D eigenvalue weighted by Crippen LogP contribution is 2.39. The highest BCUT2D eigenvalue weighted by Gasteiger charge is 2.44. The first-order valence-electron chi connectivity index (χ1n) is 8.76. The van der Waals surface area contributed by atoms with E-state index in [4.69, 9.17) is 10.5 Å². The topological polar surface area (TPSA) is 160 Å². The van der Waals surface area contributed by atoms with Gasteiger partial charge in [-0.05, 0) is 25.2 Å². The molecular weight excluding hydrogens is 354 g/mol. The Kier molecular flexibility index (Phi) is 4.49. The Labute approximate surface area is 154 Å². The van der Waals surface area contributed by atoms with E-state index < -0.39 is 36.7 Å². The first-order chi connectivity index (χ1) is 12.9. The molecule has 0 aromatic carbocycles. The molecule has 27 heavy (non-hydrogen) atoms. The van der Waals surface area contributed by atoms with E-state index in [1.807, 2.05) is 0 Å². The van der Waals surface area contributed by atoms with Crippen molar-refractivity contribution in [2.24, 2.45) is 0 Å². The van der Waals surface area contributed by atoms with E-state index >= 15 is 0 Å². The van der Waals surface area contributed by atoms with Crippen LogP contribution in [0.15, 0.2) is 6.33 Å². The van der Waals surface area contributed by atoms with Crippen LogP contribution in [0.25, 0.3) is 11.2 Å². The molecule has 1 saturated carbocycles. The van der Waals surface area contributed by atoms with E-state index in [0.717, 1.165) is 12.8 Å². The van der Waals surface area contributed by atoms with Gasteiger partial charge in [0.1, 0.15) is 23.8 Å². The van der Waals surface area contributed by atoms with Crippen molar-refractivity contribution in [1.29, 1.82) is 0 Å². The number of imidazole rings is 1. The molecule has 6 N–H and O–H groups in total. The zero-order valence-corrected chi connectivity index (χ0v) is 14.5. The number of aromatic nitrogens is 4. The molecule has 0 spiro atoms. The Morgan fingerprint density at radius 3 is 2.74 bits per heavy atom. The minimum Gasteiger partial charge on any atom is -0.394 e. The third kappa shape index (κ3) is 3.36. The highest BCUT2D eigenvalue weighted by molar-refractivity contribution is 5.82. The number of rotatable bonds is 4. The number of hydrogen-bond acceptors (Lipinski definition) is 9. The van der Waals surface area contributed by atoms with Crippen molar-refractivity contribution in [3.8, 4) is 11.8 Å². The average Bonchev–Trinajstić information content (AvgIpc) is 3.11. The van der Waals surface area contributed by atoms with Crippen molar-refractivity contribution in [3.05, 3.63) is 12.2 Å². The Balaban J connectivity index is 1.61. The predicted molar refractivity (Wildman–Crippen MR) is 93.0 cm³/mol. The lowest BCUT2D eigenvalue weighted by Crippen LogP contribution is -2.33. The summed E-state index contributed by atoms with van der Waals surface area (Å²) in [5.74, 6) is 6.08. The molecular formula is C17H21N5O5. The predicted octanol–water partition coefficient (Wildman–Crippen LogP) is -1.32. The molecule has 2 aliphatic rings. The van der Waals surface area contributed by atoms with Gasteiger partial charge in [-0.1, -0.05) is 5.92 Å². The van der Waals surface area contributed by atoms with Crippen LogP contribution in [-0.4, -0.2) is 70.5 Å². The van der Waals surface area contributed by atoms with Crippen LogP contribution in [0.2, 0.25) is 0 Å². The largest absolute Gasteiger partial charge is 0.394 e. The van der Waals surface area contributed by atoms with E-state index in [2.05, 4.69) is 26.8 Å². The summed E-state index contributed by atoms with van der Waals surface area (Å²) >= 11 is 0. The van der Waals surface area contributed by atoms with Gasteiger partial charge in [0, 0.05) is 6.42 Å². The first kappa shape index (κ1) is 18.1. The summed E-state index contributed by atoms with van der Waals surface area (Å²) in [6.45, 7) is -0.429. The number of ether oxygens (including phenoxy) is 1. The normalized spacial score (nSPS) is 28.9. The second-order valence-corrected chi connectivity index (χ2v) is 7.01. The number of aliphatic hydroxyl groups excluding tert-OH is 3. The molecule has 2 aromatic rings. The third-order valence-electron chi connectivity index (χ3n) is 4.98. The number of aliphatic hydroxyl groups is 4. The van der Waals surface area contributed by atoms with Crippen molar-refractivity contribution >= 4 is 17.0 Å². The lowest BCUT2D eigenvalue weighted by molar-refractivity contribution is -0.0511. The third-order valence-corrected chi connectivity index (χ3v) is 4.98. The molecule has 10 heteroatoms. The van der Waals surface area contributed by atoms with Gasteiger partial charge in [-0.3, -0.25) is 4.57 Å². The summed E-state index contributed by atoms with van der Waals surface area (Å²) in [5.41, 5.74) is 6.01. The summed E-state index contributed by atoms with van der Waals surface area (Å²) in [5, 5.41) is 39.2. The molecule has 0 radical (unpaired) electrons. The summed E-state index contributed by atoms with van der Waals surface area (Å²) in [7, 11) is 0. The van der Waals surface area contributed by atoms with Crippen LogP contribution >= 0.6 is 0 Å². The zero-order valence-electron chi connectivity index (χ0n) is 14.5. The summed E-state index contributed by atoms with van der Waals surface area (Å²) in [6.07, 6.45) is -0.231. The molecule has 144 valence electrons. The van der Waals surface area contributed by atoms with Crippen LogP contribution in [0, 0.1) is 11.8 Å². The van der Waals surface area contributed by atoms with Gasteiger partial charge in [-0.15, -0.1) is 0 Å². The maximum absolute atomic E-state index is 10.2. The number of nitrogens with two attached hydrogens (primary N) is 1. The standard InChI is InChI=1S/C17H21N5O5/c18-14-11-15(21-10(20-14)3-1-2-4-17(26)5-6-17)22(8-19-11)16-13(25)12(24)9(7-23)27-16/h8-9,12-13,16,23-26H,2,4-7H2,(H2,18,20,21)/t9-,12?,13?,16-/m1/s1. The van der Waals surface area contributed by atoms with E-state index in [9.17, 15) is 20.4 Å². The molecule has 4 atom stereocenters. The minimum atomic E-state index is -1.26. The van der Waals surface area contributed by atoms with Crippen molar-refractivity contribution in [2.75, 3.05) is 12.3 Å². The van der Waals surface area contributed by atoms with Crippen LogP contribution in [-0.2, 0) is 4.74 Å². The highest BCUT2D eigenvalue weighted by atomic mass is 16.6. The van der Waals surface area contributed by atoms with E-state index in [0.29, 0.717) is 24.0 Å². The van der Waals surface area contributed by atoms with E-state index in [-0.39, 0.29) is 11.6 Å². The number of hydrogen-bond donors (Lipinski definition) is 5. The molecule has 2 aromatic heterocycles. The molecule has 0 amide bonds. The number of fused-ring (bicyclic) bond motifs is 1. The Hall–Kier alpha value is -2.29. The molecule has 1 saturated heterocycles. The van der Waals surface area contributed by atoms with E-state index in [1.54, 1.807) is 0 Å². The molecule has 0 bridgehead atoms. The molecule has 3 heterocycles. The fourth-order valence-electron chi connectivity index (χ4n) is 3.12. The quantitative estimate of drug-likeness (QED) is 0.408. The van der Waals surface area contributed by atoms with Crippen molar-refractivity contribution in [3.63, 3.8) is 0 Å². The monoisotopic (exact) mass is 375 g/mol. The molecule has 1 aliphatic carbocycles. The maximum Gasteiger partial charge on any atom is 0.208 e. The van der Waals surface area contributed by atoms with Gasteiger partial charge in [0.15, 0.2) is 17.7 Å².